The van der Waals surface area contributed by atoms with Crippen LogP contribution in [-0.4, -0.2) is 24.3 Å². The molecule has 4 aromatic heterocycles. The van der Waals surface area contributed by atoms with E-state index in [1.54, 1.807) is 25.4 Å². The van der Waals surface area contributed by atoms with Crippen LogP contribution in [0.3, 0.4) is 0 Å². The minimum Gasteiger partial charge on any atom is -0.368 e. The second kappa shape index (κ2) is 8.84. The van der Waals surface area contributed by atoms with Crippen molar-refractivity contribution >= 4 is 22.5 Å². The van der Waals surface area contributed by atoms with E-state index in [1.807, 2.05) is 37.3 Å². The van der Waals surface area contributed by atoms with E-state index in [0.717, 1.165) is 5.56 Å². The van der Waals surface area contributed by atoms with Crippen molar-refractivity contribution in [2.75, 3.05) is 11.1 Å². The number of aromatic nitrogens is 5. The summed E-state index contributed by atoms with van der Waals surface area (Å²) in [6.45, 7) is 1.83. The third-order valence-corrected chi connectivity index (χ3v) is 5.85. The minimum atomic E-state index is -0.499. The van der Waals surface area contributed by atoms with E-state index in [1.165, 1.54) is 27.7 Å². The van der Waals surface area contributed by atoms with Crippen molar-refractivity contribution in [1.82, 2.24) is 24.3 Å². The van der Waals surface area contributed by atoms with Crippen molar-refractivity contribution in [3.05, 3.63) is 93.1 Å². The summed E-state index contributed by atoms with van der Waals surface area (Å²) in [5, 5.41) is 17.8. The van der Waals surface area contributed by atoms with E-state index in [9.17, 15) is 14.9 Å². The van der Waals surface area contributed by atoms with Crippen LogP contribution in [-0.2, 0) is 7.05 Å². The highest BCUT2D eigenvalue weighted by atomic mass is 16.5. The van der Waals surface area contributed by atoms with Crippen molar-refractivity contribution in [3.8, 4) is 23.0 Å². The maximum absolute atomic E-state index is 14.0. The number of hydrogen-bond acceptors (Lipinski definition) is 9. The van der Waals surface area contributed by atoms with Crippen molar-refractivity contribution in [2.45, 2.75) is 13.0 Å². The Morgan fingerprint density at radius 2 is 2.03 bits per heavy atom. The number of nitriles is 1. The molecule has 0 fully saturated rings. The Morgan fingerprint density at radius 1 is 1.19 bits per heavy atom. The third kappa shape index (κ3) is 3.86. The number of rotatable bonds is 5. The first-order valence-corrected chi connectivity index (χ1v) is 10.9. The smallest absolute Gasteiger partial charge is 0.265 e. The second-order valence-corrected chi connectivity index (χ2v) is 8.17. The Morgan fingerprint density at radius 3 is 2.75 bits per heavy atom. The van der Waals surface area contributed by atoms with E-state index in [4.69, 9.17) is 10.3 Å². The number of aryl methyl sites for hydroxylation is 1. The number of nitrogens with zero attached hydrogens (tertiary/aromatic N) is 6. The highest BCUT2D eigenvalue weighted by molar-refractivity contribution is 5.96. The van der Waals surface area contributed by atoms with Gasteiger partial charge in [-0.15, -0.1) is 0 Å². The minimum absolute atomic E-state index is 0.0120. The van der Waals surface area contributed by atoms with Gasteiger partial charge in [0.25, 0.3) is 5.56 Å². The van der Waals surface area contributed by atoms with Gasteiger partial charge in [-0.1, -0.05) is 23.4 Å². The third-order valence-electron chi connectivity index (χ3n) is 5.85. The van der Waals surface area contributed by atoms with Gasteiger partial charge in [0, 0.05) is 25.4 Å². The predicted molar refractivity (Wildman–Crippen MR) is 133 cm³/mol. The Labute approximate surface area is 204 Å². The van der Waals surface area contributed by atoms with Crippen LogP contribution < -0.4 is 22.2 Å². The molecular weight excluding hydrogens is 460 g/mol. The SMILES string of the molecule is C[C@H](Nc1nc(N)ncc1C#N)c1cc2cccc(-c3ccc(=O)n(C)c3)c2c(=O)n1-c1ccon1. The van der Waals surface area contributed by atoms with Crippen molar-refractivity contribution in [3.63, 3.8) is 0 Å². The Bertz CT molecular complexity index is 1760. The lowest BCUT2D eigenvalue weighted by molar-refractivity contribution is 0.415. The molecule has 0 aliphatic heterocycles. The molecule has 0 saturated heterocycles. The lowest BCUT2D eigenvalue weighted by Gasteiger charge is -2.21. The molecule has 0 amide bonds. The number of nitrogens with two attached hydrogens (primary N) is 1. The molecule has 0 aliphatic rings. The summed E-state index contributed by atoms with van der Waals surface area (Å²) >= 11 is 0. The van der Waals surface area contributed by atoms with E-state index >= 15 is 0 Å². The maximum Gasteiger partial charge on any atom is 0.265 e. The van der Waals surface area contributed by atoms with Crippen LogP contribution in [0.4, 0.5) is 11.8 Å². The number of fused-ring (bicyclic) bond motifs is 1. The number of pyridine rings is 2. The molecule has 0 saturated carbocycles. The molecule has 3 N–H and O–H groups in total. The van der Waals surface area contributed by atoms with E-state index in [2.05, 4.69) is 20.4 Å². The van der Waals surface area contributed by atoms with Gasteiger partial charge < -0.3 is 20.1 Å². The molecule has 0 unspecified atom stereocenters. The first-order valence-electron chi connectivity index (χ1n) is 10.9. The first-order chi connectivity index (χ1) is 17.4. The molecular formula is C25H20N8O3. The molecule has 0 radical (unpaired) electrons. The largest absolute Gasteiger partial charge is 0.368 e. The molecule has 11 heteroatoms. The molecule has 5 rings (SSSR count). The van der Waals surface area contributed by atoms with Crippen LogP contribution in [0, 0.1) is 11.3 Å². The summed E-state index contributed by atoms with van der Waals surface area (Å²) in [6, 6.07) is 13.7. The first kappa shape index (κ1) is 22.5. The fraction of sp³-hybridized carbons (Fsp3) is 0.120. The Kier molecular flexibility index (Phi) is 5.54. The monoisotopic (exact) mass is 480 g/mol. The van der Waals surface area contributed by atoms with Crippen LogP contribution in [0.15, 0.2) is 75.2 Å². The van der Waals surface area contributed by atoms with Crippen molar-refractivity contribution in [1.29, 1.82) is 5.26 Å². The van der Waals surface area contributed by atoms with Gasteiger partial charge in [0.1, 0.15) is 23.7 Å². The number of nitrogens with one attached hydrogen (secondary N) is 1. The highest BCUT2D eigenvalue weighted by Crippen LogP contribution is 2.29. The molecule has 0 bridgehead atoms. The molecule has 11 nitrogen and oxygen atoms in total. The molecule has 5 aromatic rings. The normalized spacial score (nSPS) is 11.8. The Balaban J connectivity index is 1.74. The van der Waals surface area contributed by atoms with Crippen molar-refractivity contribution in [2.24, 2.45) is 7.05 Å². The molecule has 4 heterocycles. The zero-order valence-corrected chi connectivity index (χ0v) is 19.3. The standard InChI is InChI=1S/C25H20N8O3/c1-14(29-23-17(11-26)12-28-25(27)30-23)19-10-15-4-3-5-18(16-6-7-21(34)32(2)13-16)22(15)24(35)33(19)20-8-9-36-31-20/h3-10,12-14H,1-2H3,(H3,27,28,29,30)/t14-/m0/s1. The van der Waals surface area contributed by atoms with E-state index < -0.39 is 6.04 Å². The van der Waals surface area contributed by atoms with Gasteiger partial charge in [-0.3, -0.25) is 14.2 Å². The number of nitrogen functional groups attached to an aromatic ring is 1. The summed E-state index contributed by atoms with van der Waals surface area (Å²) < 4.78 is 7.95. The Hall–Kier alpha value is -5.24. The summed E-state index contributed by atoms with van der Waals surface area (Å²) in [5.74, 6) is 0.553. The quantitative estimate of drug-likeness (QED) is 0.386. The summed E-state index contributed by atoms with van der Waals surface area (Å²) in [5.41, 5.74) is 7.42. The van der Waals surface area contributed by atoms with Crippen LogP contribution in [0.1, 0.15) is 24.2 Å². The summed E-state index contributed by atoms with van der Waals surface area (Å²) in [7, 11) is 1.66. The molecule has 1 atom stereocenters. The van der Waals surface area contributed by atoms with Crippen LogP contribution in [0.25, 0.3) is 27.7 Å². The molecule has 0 aliphatic carbocycles. The summed E-state index contributed by atoms with van der Waals surface area (Å²) in [4.78, 5) is 33.9. The van der Waals surface area contributed by atoms with Gasteiger partial charge in [-0.2, -0.15) is 10.2 Å². The lowest BCUT2D eigenvalue weighted by atomic mass is 9.99. The van der Waals surface area contributed by atoms with Crippen LogP contribution >= 0.6 is 0 Å². The maximum atomic E-state index is 14.0. The van der Waals surface area contributed by atoms with Gasteiger partial charge in [0.05, 0.1) is 23.3 Å². The van der Waals surface area contributed by atoms with E-state index in [-0.39, 0.29) is 28.4 Å². The average Bonchev–Trinajstić information content (AvgIpc) is 3.40. The van der Waals surface area contributed by atoms with Gasteiger partial charge >= 0.3 is 0 Å². The number of anilines is 2. The fourth-order valence-corrected chi connectivity index (χ4v) is 4.12. The van der Waals surface area contributed by atoms with E-state index in [0.29, 0.717) is 27.8 Å². The topological polar surface area (TPSA) is 158 Å². The van der Waals surface area contributed by atoms with Gasteiger partial charge in [0.2, 0.25) is 11.5 Å². The number of hydrogen-bond donors (Lipinski definition) is 2. The fourth-order valence-electron chi connectivity index (χ4n) is 4.12. The zero-order valence-electron chi connectivity index (χ0n) is 19.3. The van der Waals surface area contributed by atoms with Crippen molar-refractivity contribution < 1.29 is 4.52 Å². The average molecular weight is 480 g/mol. The lowest BCUT2D eigenvalue weighted by Crippen LogP contribution is -2.26. The van der Waals surface area contributed by atoms with Gasteiger partial charge in [0.15, 0.2) is 5.82 Å². The summed E-state index contributed by atoms with van der Waals surface area (Å²) in [6.07, 6.45) is 4.41. The molecule has 178 valence electrons. The molecule has 1 aromatic carbocycles. The van der Waals surface area contributed by atoms with Gasteiger partial charge in [-0.25, -0.2) is 4.98 Å². The highest BCUT2D eigenvalue weighted by Gasteiger charge is 2.21. The van der Waals surface area contributed by atoms with Gasteiger partial charge in [-0.05, 0) is 35.6 Å². The zero-order chi connectivity index (χ0) is 25.4. The number of benzene rings is 1. The second-order valence-electron chi connectivity index (χ2n) is 8.17. The molecule has 0 spiro atoms. The predicted octanol–water partition coefficient (Wildman–Crippen LogP) is 2.76. The van der Waals surface area contributed by atoms with Crippen LogP contribution in [0.2, 0.25) is 0 Å². The van der Waals surface area contributed by atoms with Crippen LogP contribution in [0.5, 0.6) is 0 Å². The molecule has 36 heavy (non-hydrogen) atoms.